The molecule has 10 nitrogen and oxygen atoms in total. The van der Waals surface area contributed by atoms with Gasteiger partial charge in [-0.25, -0.2) is 0 Å². The molecule has 192 valence electrons. The first-order valence-corrected chi connectivity index (χ1v) is 11.9. The lowest BCUT2D eigenvalue weighted by atomic mass is 10.0. The second-order valence-electron chi connectivity index (χ2n) is 9.38. The number of fused-ring (bicyclic) bond motifs is 2. The Balaban J connectivity index is 1.72. The van der Waals surface area contributed by atoms with E-state index in [2.05, 4.69) is 16.0 Å². The molecule has 1 heterocycles. The molecule has 3 rings (SSSR count). The summed E-state index contributed by atoms with van der Waals surface area (Å²) in [5, 5.41) is 19.4. The second-order valence-corrected chi connectivity index (χ2v) is 9.38. The summed E-state index contributed by atoms with van der Waals surface area (Å²) in [4.78, 5) is 63.6. The Morgan fingerprint density at radius 2 is 1.47 bits per heavy atom. The lowest BCUT2D eigenvalue weighted by Crippen LogP contribution is -2.55. The van der Waals surface area contributed by atoms with E-state index in [1.807, 2.05) is 38.1 Å². The van der Waals surface area contributed by atoms with Crippen LogP contribution in [0.1, 0.15) is 54.3 Å². The molecule has 3 atom stereocenters. The third-order valence-electron chi connectivity index (χ3n) is 6.20. The first-order chi connectivity index (χ1) is 17.0. The average molecular weight is 497 g/mol. The summed E-state index contributed by atoms with van der Waals surface area (Å²) < 4.78 is 0. The molecule has 0 saturated carbocycles. The molecule has 1 aliphatic heterocycles. The van der Waals surface area contributed by atoms with Gasteiger partial charge in [-0.05, 0) is 48.6 Å². The Morgan fingerprint density at radius 3 is 1.94 bits per heavy atom. The molecular weight excluding hydrogens is 464 g/mol. The Kier molecular flexibility index (Phi) is 8.41. The molecule has 0 bridgehead atoms. The molecule has 0 radical (unpaired) electrons. The minimum atomic E-state index is -1.21. The summed E-state index contributed by atoms with van der Waals surface area (Å²) in [6.07, 6.45) is 0.239. The van der Waals surface area contributed by atoms with Gasteiger partial charge in [0.15, 0.2) is 0 Å². The fourth-order valence-electron chi connectivity index (χ4n) is 4.28. The summed E-state index contributed by atoms with van der Waals surface area (Å²) in [5.41, 5.74) is 0.581. The summed E-state index contributed by atoms with van der Waals surface area (Å²) in [6.45, 7) is 5.19. The zero-order valence-electron chi connectivity index (χ0n) is 20.8. The summed E-state index contributed by atoms with van der Waals surface area (Å²) in [5.74, 6) is -2.97. The number of benzene rings is 2. The van der Waals surface area contributed by atoms with Gasteiger partial charge in [0.25, 0.3) is 11.8 Å². The van der Waals surface area contributed by atoms with Gasteiger partial charge in [0.05, 0.1) is 17.2 Å². The first-order valence-electron chi connectivity index (χ1n) is 11.9. The van der Waals surface area contributed by atoms with E-state index in [9.17, 15) is 29.1 Å². The van der Waals surface area contributed by atoms with Crippen LogP contribution in [0.3, 0.4) is 0 Å². The monoisotopic (exact) mass is 496 g/mol. The first kappa shape index (κ1) is 26.8. The van der Waals surface area contributed by atoms with Gasteiger partial charge in [0, 0.05) is 13.6 Å². The van der Waals surface area contributed by atoms with E-state index in [-0.39, 0.29) is 24.8 Å². The number of aliphatic carboxylic acids is 1. The maximum atomic E-state index is 13.0. The number of rotatable bonds is 11. The highest BCUT2D eigenvalue weighted by Crippen LogP contribution is 2.28. The average Bonchev–Trinajstić information content (AvgIpc) is 3.07. The van der Waals surface area contributed by atoms with Crippen LogP contribution in [0.15, 0.2) is 36.4 Å². The minimum Gasteiger partial charge on any atom is -0.480 e. The van der Waals surface area contributed by atoms with Crippen molar-refractivity contribution >= 4 is 40.4 Å². The van der Waals surface area contributed by atoms with Gasteiger partial charge in [-0.3, -0.25) is 34.2 Å². The van der Waals surface area contributed by atoms with Crippen molar-refractivity contribution < 1.29 is 29.1 Å². The second kappa shape index (κ2) is 11.3. The number of carboxylic acids is 1. The number of imide groups is 1. The number of nitrogens with one attached hydrogen (secondary N) is 3. The number of carbonyl (C=O) groups is 5. The number of hydrogen-bond acceptors (Lipinski definition) is 6. The minimum absolute atomic E-state index is 0.0587. The fourth-order valence-corrected chi connectivity index (χ4v) is 4.28. The quantitative estimate of drug-likeness (QED) is 0.345. The molecule has 2 aromatic rings. The van der Waals surface area contributed by atoms with Gasteiger partial charge in [-0.2, -0.15) is 0 Å². The number of likely N-dealkylation sites (N-methyl/N-ethyl adjacent to an activating group) is 1. The maximum Gasteiger partial charge on any atom is 0.320 e. The molecular formula is C26H32N4O6. The molecule has 0 spiro atoms. The van der Waals surface area contributed by atoms with E-state index in [1.54, 1.807) is 12.1 Å². The van der Waals surface area contributed by atoms with Crippen molar-refractivity contribution in [1.82, 2.24) is 20.9 Å². The molecule has 10 heteroatoms. The van der Waals surface area contributed by atoms with Crippen LogP contribution < -0.4 is 16.0 Å². The van der Waals surface area contributed by atoms with Gasteiger partial charge >= 0.3 is 5.97 Å². The van der Waals surface area contributed by atoms with Crippen LogP contribution >= 0.6 is 0 Å². The van der Waals surface area contributed by atoms with Gasteiger partial charge < -0.3 is 15.7 Å². The Labute approximate surface area is 209 Å². The summed E-state index contributed by atoms with van der Waals surface area (Å²) in [7, 11) is 1.46. The zero-order chi connectivity index (χ0) is 26.6. The Bertz CT molecular complexity index is 1140. The predicted molar refractivity (Wildman–Crippen MR) is 133 cm³/mol. The van der Waals surface area contributed by atoms with E-state index >= 15 is 0 Å². The summed E-state index contributed by atoms with van der Waals surface area (Å²) in [6, 6.07) is 7.87. The lowest BCUT2D eigenvalue weighted by molar-refractivity contribution is -0.140. The van der Waals surface area contributed by atoms with Gasteiger partial charge in [-0.15, -0.1) is 0 Å². The van der Waals surface area contributed by atoms with Crippen molar-refractivity contribution in [3.8, 4) is 0 Å². The lowest BCUT2D eigenvalue weighted by Gasteiger charge is -2.26. The van der Waals surface area contributed by atoms with Crippen LogP contribution in [0.4, 0.5) is 0 Å². The van der Waals surface area contributed by atoms with E-state index in [0.29, 0.717) is 17.5 Å². The van der Waals surface area contributed by atoms with Gasteiger partial charge in [0.1, 0.15) is 12.1 Å². The molecule has 0 fully saturated rings. The van der Waals surface area contributed by atoms with Crippen LogP contribution in [0, 0.1) is 5.92 Å². The standard InChI is InChI=1S/C26H32N4O6/c1-14(2)11-21(23(32)28-15(3)22(31)27-4)29-20(26(35)36)9-10-30-24(33)18-12-16-7-5-6-8-17(16)13-19(18)25(30)34/h5-8,12-15,20-21,29H,9-11H2,1-4H3,(H,27,31)(H,28,32)(H,35,36)/t15-,20?,21-/m0/s1. The Hall–Kier alpha value is -3.79. The topological polar surface area (TPSA) is 145 Å². The highest BCUT2D eigenvalue weighted by Gasteiger charge is 2.37. The molecule has 1 unspecified atom stereocenters. The fraction of sp³-hybridized carbons (Fsp3) is 0.423. The Morgan fingerprint density at radius 1 is 0.917 bits per heavy atom. The van der Waals surface area contributed by atoms with Crippen molar-refractivity contribution in [2.24, 2.45) is 5.92 Å². The maximum absolute atomic E-state index is 13.0. The molecule has 4 amide bonds. The van der Waals surface area contributed by atoms with Crippen molar-refractivity contribution in [2.45, 2.75) is 51.7 Å². The van der Waals surface area contributed by atoms with Crippen molar-refractivity contribution in [1.29, 1.82) is 0 Å². The largest absolute Gasteiger partial charge is 0.480 e. The highest BCUT2D eigenvalue weighted by molar-refractivity contribution is 6.23. The third kappa shape index (κ3) is 5.88. The molecule has 1 aliphatic rings. The predicted octanol–water partition coefficient (Wildman–Crippen LogP) is 1.53. The van der Waals surface area contributed by atoms with E-state index in [4.69, 9.17) is 0 Å². The summed E-state index contributed by atoms with van der Waals surface area (Å²) >= 11 is 0. The normalized spacial score (nSPS) is 15.5. The third-order valence-corrected chi connectivity index (χ3v) is 6.20. The van der Waals surface area contributed by atoms with Gasteiger partial charge in [-0.1, -0.05) is 38.1 Å². The van der Waals surface area contributed by atoms with Crippen molar-refractivity contribution in [3.63, 3.8) is 0 Å². The molecule has 2 aromatic carbocycles. The van der Waals surface area contributed by atoms with E-state index in [0.717, 1.165) is 15.7 Å². The van der Waals surface area contributed by atoms with Crippen LogP contribution in [0.2, 0.25) is 0 Å². The van der Waals surface area contributed by atoms with E-state index in [1.165, 1.54) is 14.0 Å². The van der Waals surface area contributed by atoms with Crippen LogP contribution in [0.25, 0.3) is 10.8 Å². The van der Waals surface area contributed by atoms with E-state index < -0.39 is 41.8 Å². The number of nitrogens with zero attached hydrogens (tertiary/aromatic N) is 1. The number of carbonyl (C=O) groups excluding carboxylic acids is 4. The van der Waals surface area contributed by atoms with Crippen LogP contribution in [0.5, 0.6) is 0 Å². The van der Waals surface area contributed by atoms with Crippen molar-refractivity contribution in [2.75, 3.05) is 13.6 Å². The van der Waals surface area contributed by atoms with Crippen LogP contribution in [-0.4, -0.2) is 71.3 Å². The molecule has 4 N–H and O–H groups in total. The van der Waals surface area contributed by atoms with Gasteiger partial charge in [0.2, 0.25) is 11.8 Å². The number of hydrogen-bond donors (Lipinski definition) is 4. The number of amides is 4. The smallest absolute Gasteiger partial charge is 0.320 e. The molecule has 0 aromatic heterocycles. The molecule has 36 heavy (non-hydrogen) atoms. The molecule has 0 aliphatic carbocycles. The zero-order valence-corrected chi connectivity index (χ0v) is 20.8. The van der Waals surface area contributed by atoms with Crippen LogP contribution in [-0.2, 0) is 14.4 Å². The molecule has 0 saturated heterocycles. The number of carboxylic acid groups (broad SMARTS) is 1. The van der Waals surface area contributed by atoms with Crippen molar-refractivity contribution in [3.05, 3.63) is 47.5 Å². The highest BCUT2D eigenvalue weighted by atomic mass is 16.4. The SMILES string of the molecule is CNC(=O)[C@H](C)NC(=O)[C@H](CC(C)C)NC(CCN1C(=O)c2cc3ccccc3cc2C1=O)C(=O)O.